The van der Waals surface area contributed by atoms with Crippen LogP contribution in [0.4, 0.5) is 0 Å². The van der Waals surface area contributed by atoms with Gasteiger partial charge in [-0.15, -0.1) is 0 Å². The summed E-state index contributed by atoms with van der Waals surface area (Å²) >= 11 is 0. The number of nitrogens with one attached hydrogen (secondary N) is 1. The maximum atomic E-state index is 6.09. The second-order valence-corrected chi connectivity index (χ2v) is 5.17. The summed E-state index contributed by atoms with van der Waals surface area (Å²) in [4.78, 5) is 0. The number of hydrogen-bond donors (Lipinski definition) is 1. The van der Waals surface area contributed by atoms with E-state index in [9.17, 15) is 0 Å². The van der Waals surface area contributed by atoms with Crippen LogP contribution in [0.5, 0.6) is 11.5 Å². The highest BCUT2D eigenvalue weighted by atomic mass is 16.5. The van der Waals surface area contributed by atoms with Gasteiger partial charge in [-0.05, 0) is 38.8 Å². The summed E-state index contributed by atoms with van der Waals surface area (Å²) in [5.74, 6) is 2.51. The zero-order valence-electron chi connectivity index (χ0n) is 12.1. The molecule has 106 valence electrons. The lowest BCUT2D eigenvalue weighted by molar-refractivity contribution is 0.232. The molecule has 1 aromatic carbocycles. The van der Waals surface area contributed by atoms with Gasteiger partial charge in [0.05, 0.1) is 13.2 Å². The minimum Gasteiger partial charge on any atom is -0.490 e. The van der Waals surface area contributed by atoms with Gasteiger partial charge in [0.2, 0.25) is 0 Å². The summed E-state index contributed by atoms with van der Waals surface area (Å²) in [6.45, 7) is 4.30. The number of rotatable bonds is 7. The van der Waals surface area contributed by atoms with Crippen LogP contribution in [0.25, 0.3) is 0 Å². The van der Waals surface area contributed by atoms with Gasteiger partial charge in [-0.25, -0.2) is 0 Å². The van der Waals surface area contributed by atoms with Crippen molar-refractivity contribution >= 4 is 0 Å². The predicted molar refractivity (Wildman–Crippen MR) is 77.8 cm³/mol. The molecular weight excluding hydrogens is 238 g/mol. The summed E-state index contributed by atoms with van der Waals surface area (Å²) in [6, 6.07) is 6.12. The van der Waals surface area contributed by atoms with Crippen LogP contribution in [0.1, 0.15) is 38.2 Å². The van der Waals surface area contributed by atoms with E-state index in [0.717, 1.165) is 30.6 Å². The number of hydrogen-bond acceptors (Lipinski definition) is 3. The average Bonchev–Trinajstić information content (AvgIpc) is 2.92. The van der Waals surface area contributed by atoms with Crippen molar-refractivity contribution in [2.24, 2.45) is 5.92 Å². The number of para-hydroxylation sites is 1. The van der Waals surface area contributed by atoms with Crippen LogP contribution in [0.2, 0.25) is 0 Å². The van der Waals surface area contributed by atoms with Gasteiger partial charge >= 0.3 is 0 Å². The second kappa shape index (κ2) is 7.39. The Morgan fingerprint density at radius 1 is 1.21 bits per heavy atom. The molecule has 0 spiro atoms. The number of ether oxygens (including phenoxy) is 2. The first-order valence-electron chi connectivity index (χ1n) is 7.37. The normalized spacial score (nSPS) is 15.7. The lowest BCUT2D eigenvalue weighted by atomic mass is 10.1. The summed E-state index contributed by atoms with van der Waals surface area (Å²) < 4.78 is 11.8. The number of benzene rings is 1. The predicted octanol–water partition coefficient (Wildman–Crippen LogP) is 3.37. The highest BCUT2D eigenvalue weighted by molar-refractivity contribution is 5.46. The average molecular weight is 263 g/mol. The molecule has 0 amide bonds. The second-order valence-electron chi connectivity index (χ2n) is 5.17. The van der Waals surface area contributed by atoms with Gasteiger partial charge in [-0.1, -0.05) is 25.0 Å². The molecular formula is C16H25NO2. The van der Waals surface area contributed by atoms with Gasteiger partial charge in [-0.2, -0.15) is 0 Å². The molecule has 1 saturated carbocycles. The SMILES string of the molecule is CCOc1cccc(CNC)c1OCC1CCCC1. The molecule has 0 atom stereocenters. The quantitative estimate of drug-likeness (QED) is 0.818. The zero-order valence-corrected chi connectivity index (χ0v) is 12.1. The molecule has 1 aromatic rings. The van der Waals surface area contributed by atoms with Crippen LogP contribution >= 0.6 is 0 Å². The lowest BCUT2D eigenvalue weighted by Crippen LogP contribution is -2.13. The van der Waals surface area contributed by atoms with E-state index >= 15 is 0 Å². The van der Waals surface area contributed by atoms with Gasteiger partial charge in [0.1, 0.15) is 0 Å². The fourth-order valence-corrected chi connectivity index (χ4v) is 2.70. The third kappa shape index (κ3) is 3.87. The van der Waals surface area contributed by atoms with E-state index in [1.54, 1.807) is 0 Å². The summed E-state index contributed by atoms with van der Waals surface area (Å²) in [5.41, 5.74) is 1.17. The standard InChI is InChI=1S/C16H25NO2/c1-3-18-15-10-6-9-14(11-17-2)16(15)19-12-13-7-4-5-8-13/h6,9-10,13,17H,3-5,7-8,11-12H2,1-2H3. The Morgan fingerprint density at radius 3 is 2.68 bits per heavy atom. The molecule has 0 radical (unpaired) electrons. The van der Waals surface area contributed by atoms with E-state index in [-0.39, 0.29) is 0 Å². The molecule has 0 saturated heterocycles. The summed E-state index contributed by atoms with van der Waals surface area (Å²) in [7, 11) is 1.95. The fraction of sp³-hybridized carbons (Fsp3) is 0.625. The Kier molecular flexibility index (Phi) is 5.52. The van der Waals surface area contributed by atoms with Crippen molar-refractivity contribution in [2.45, 2.75) is 39.2 Å². The largest absolute Gasteiger partial charge is 0.490 e. The van der Waals surface area contributed by atoms with Crippen LogP contribution in [0, 0.1) is 5.92 Å². The van der Waals surface area contributed by atoms with E-state index in [1.165, 1.54) is 31.2 Å². The first-order chi connectivity index (χ1) is 9.35. The fourth-order valence-electron chi connectivity index (χ4n) is 2.70. The molecule has 3 nitrogen and oxygen atoms in total. The van der Waals surface area contributed by atoms with E-state index in [0.29, 0.717) is 6.61 Å². The van der Waals surface area contributed by atoms with Crippen molar-refractivity contribution in [2.75, 3.05) is 20.3 Å². The molecule has 19 heavy (non-hydrogen) atoms. The highest BCUT2D eigenvalue weighted by Crippen LogP contribution is 2.33. The molecule has 2 rings (SSSR count). The van der Waals surface area contributed by atoms with Gasteiger partial charge in [-0.3, -0.25) is 0 Å². The van der Waals surface area contributed by atoms with E-state index in [1.807, 2.05) is 26.1 Å². The summed E-state index contributed by atoms with van der Waals surface area (Å²) in [5, 5.41) is 3.19. The van der Waals surface area contributed by atoms with Crippen LogP contribution in [-0.2, 0) is 6.54 Å². The topological polar surface area (TPSA) is 30.5 Å². The smallest absolute Gasteiger partial charge is 0.165 e. The van der Waals surface area contributed by atoms with E-state index in [4.69, 9.17) is 9.47 Å². The Bertz CT molecular complexity index is 362. The third-order valence-corrected chi connectivity index (χ3v) is 3.67. The maximum absolute atomic E-state index is 6.09. The van der Waals surface area contributed by atoms with E-state index < -0.39 is 0 Å². The molecule has 0 bridgehead atoms. The lowest BCUT2D eigenvalue weighted by Gasteiger charge is -2.18. The van der Waals surface area contributed by atoms with Crippen LogP contribution in [0.3, 0.4) is 0 Å². The first kappa shape index (κ1) is 14.2. The Balaban J connectivity index is 2.08. The third-order valence-electron chi connectivity index (χ3n) is 3.67. The van der Waals surface area contributed by atoms with Crippen molar-refractivity contribution in [1.29, 1.82) is 0 Å². The van der Waals surface area contributed by atoms with E-state index in [2.05, 4.69) is 11.4 Å². The molecule has 0 aromatic heterocycles. The molecule has 1 aliphatic rings. The van der Waals surface area contributed by atoms with Crippen LogP contribution in [-0.4, -0.2) is 20.3 Å². The van der Waals surface area contributed by atoms with Gasteiger partial charge in [0, 0.05) is 12.1 Å². The van der Waals surface area contributed by atoms with Crippen molar-refractivity contribution in [3.63, 3.8) is 0 Å². The highest BCUT2D eigenvalue weighted by Gasteiger charge is 2.18. The van der Waals surface area contributed by atoms with Gasteiger partial charge in [0.15, 0.2) is 11.5 Å². The molecule has 1 fully saturated rings. The van der Waals surface area contributed by atoms with Crippen LogP contribution in [0.15, 0.2) is 18.2 Å². The summed E-state index contributed by atoms with van der Waals surface area (Å²) in [6.07, 6.45) is 5.31. The molecule has 1 N–H and O–H groups in total. The minimum absolute atomic E-state index is 0.669. The van der Waals surface area contributed by atoms with Crippen molar-refractivity contribution in [3.8, 4) is 11.5 Å². The van der Waals surface area contributed by atoms with Crippen molar-refractivity contribution < 1.29 is 9.47 Å². The molecule has 3 heteroatoms. The van der Waals surface area contributed by atoms with Crippen LogP contribution < -0.4 is 14.8 Å². The Morgan fingerprint density at radius 2 is 2.00 bits per heavy atom. The first-order valence-corrected chi connectivity index (χ1v) is 7.37. The monoisotopic (exact) mass is 263 g/mol. The van der Waals surface area contributed by atoms with Gasteiger partial charge in [0.25, 0.3) is 0 Å². The minimum atomic E-state index is 0.669. The molecule has 1 aliphatic carbocycles. The van der Waals surface area contributed by atoms with Crippen molar-refractivity contribution in [3.05, 3.63) is 23.8 Å². The maximum Gasteiger partial charge on any atom is 0.165 e. The van der Waals surface area contributed by atoms with Crippen molar-refractivity contribution in [1.82, 2.24) is 5.32 Å². The molecule has 0 aliphatic heterocycles. The Hall–Kier alpha value is -1.22. The molecule has 0 heterocycles. The Labute approximate surface area is 116 Å². The molecule has 0 unspecified atom stereocenters. The zero-order chi connectivity index (χ0) is 13.5. The van der Waals surface area contributed by atoms with Gasteiger partial charge < -0.3 is 14.8 Å².